The molecule has 1 N–H and O–H groups in total. The van der Waals surface area contributed by atoms with E-state index in [0.717, 1.165) is 5.69 Å². The van der Waals surface area contributed by atoms with Gasteiger partial charge in [-0.25, -0.2) is 4.98 Å². The van der Waals surface area contributed by atoms with Crippen LogP contribution in [0.3, 0.4) is 0 Å². The summed E-state index contributed by atoms with van der Waals surface area (Å²) in [6.07, 6.45) is 4.82. The zero-order valence-electron chi connectivity index (χ0n) is 14.9. The van der Waals surface area contributed by atoms with Crippen LogP contribution in [0.4, 0.5) is 0 Å². The first kappa shape index (κ1) is 18.6. The van der Waals surface area contributed by atoms with Crippen LogP contribution >= 0.6 is 0 Å². The van der Waals surface area contributed by atoms with E-state index in [1.54, 1.807) is 29.5 Å². The number of rotatable bonds is 8. The van der Waals surface area contributed by atoms with Crippen molar-refractivity contribution in [2.75, 3.05) is 13.1 Å². The number of hydrogen-bond donors (Lipinski definition) is 1. The van der Waals surface area contributed by atoms with Crippen molar-refractivity contribution in [1.29, 1.82) is 0 Å². The summed E-state index contributed by atoms with van der Waals surface area (Å²) in [5, 5.41) is 2.78. The largest absolute Gasteiger partial charge is 0.467 e. The molecular weight excluding hydrogens is 320 g/mol. The lowest BCUT2D eigenvalue weighted by Crippen LogP contribution is -2.38. The average molecular weight is 344 g/mol. The van der Waals surface area contributed by atoms with Crippen molar-refractivity contribution in [3.8, 4) is 0 Å². The second-order valence-corrected chi connectivity index (χ2v) is 6.29. The third kappa shape index (κ3) is 6.02. The molecule has 0 aliphatic carbocycles. The predicted molar refractivity (Wildman–Crippen MR) is 92.7 cm³/mol. The zero-order chi connectivity index (χ0) is 18.2. The zero-order valence-corrected chi connectivity index (χ0v) is 14.9. The van der Waals surface area contributed by atoms with Gasteiger partial charge >= 0.3 is 0 Å². The van der Waals surface area contributed by atoms with Crippen molar-refractivity contribution < 1.29 is 14.0 Å². The van der Waals surface area contributed by atoms with E-state index in [2.05, 4.69) is 15.3 Å². The number of amides is 2. The molecular formula is C18H24N4O3. The van der Waals surface area contributed by atoms with Gasteiger partial charge in [0.15, 0.2) is 0 Å². The lowest BCUT2D eigenvalue weighted by Gasteiger charge is -2.24. The molecule has 0 atom stereocenters. The fourth-order valence-electron chi connectivity index (χ4n) is 2.31. The van der Waals surface area contributed by atoms with Crippen LogP contribution in [0.25, 0.3) is 0 Å². The highest BCUT2D eigenvalue weighted by Gasteiger charge is 2.19. The fraction of sp³-hybridized carbons (Fsp3) is 0.444. The first-order chi connectivity index (χ1) is 12.0. The van der Waals surface area contributed by atoms with Crippen LogP contribution in [-0.2, 0) is 11.3 Å². The lowest BCUT2D eigenvalue weighted by molar-refractivity contribution is -0.121. The van der Waals surface area contributed by atoms with Gasteiger partial charge in [-0.1, -0.05) is 13.8 Å². The van der Waals surface area contributed by atoms with Crippen LogP contribution in [0.15, 0.2) is 35.2 Å². The summed E-state index contributed by atoms with van der Waals surface area (Å²) in [6, 6.07) is 3.57. The van der Waals surface area contributed by atoms with E-state index in [1.165, 1.54) is 6.20 Å². The van der Waals surface area contributed by atoms with Crippen LogP contribution in [0.1, 0.15) is 42.2 Å². The number of hydrogen-bond acceptors (Lipinski definition) is 5. The third-order valence-electron chi connectivity index (χ3n) is 3.52. The summed E-state index contributed by atoms with van der Waals surface area (Å²) in [7, 11) is 0. The molecule has 0 bridgehead atoms. The Morgan fingerprint density at radius 3 is 2.68 bits per heavy atom. The second-order valence-electron chi connectivity index (χ2n) is 6.29. The Morgan fingerprint density at radius 2 is 2.08 bits per heavy atom. The smallest absolute Gasteiger partial charge is 0.274 e. The summed E-state index contributed by atoms with van der Waals surface area (Å²) in [4.78, 5) is 34.5. The number of carbonyl (C=O) groups excluding carboxylic acids is 2. The molecule has 0 aromatic carbocycles. The molecule has 2 amide bonds. The maximum Gasteiger partial charge on any atom is 0.274 e. The number of nitrogens with zero attached hydrogens (tertiary/aromatic N) is 3. The normalized spacial score (nSPS) is 10.7. The molecule has 2 rings (SSSR count). The summed E-state index contributed by atoms with van der Waals surface area (Å²) in [6.45, 7) is 7.09. The molecule has 0 unspecified atom stereocenters. The van der Waals surface area contributed by atoms with Crippen LogP contribution in [0.2, 0.25) is 0 Å². The molecule has 0 saturated carbocycles. The molecule has 0 fully saturated rings. The maximum absolute atomic E-state index is 12.6. The minimum atomic E-state index is -0.208. The van der Waals surface area contributed by atoms with Crippen LogP contribution in [0.5, 0.6) is 0 Å². The first-order valence-corrected chi connectivity index (χ1v) is 8.32. The van der Waals surface area contributed by atoms with E-state index < -0.39 is 0 Å². The molecule has 2 heterocycles. The molecule has 0 aliphatic heterocycles. The van der Waals surface area contributed by atoms with E-state index in [9.17, 15) is 9.59 Å². The van der Waals surface area contributed by atoms with E-state index in [4.69, 9.17) is 4.42 Å². The highest BCUT2D eigenvalue weighted by Crippen LogP contribution is 2.07. The Hall–Kier alpha value is -2.70. The summed E-state index contributed by atoms with van der Waals surface area (Å²) in [5.41, 5.74) is 1.05. The molecule has 7 nitrogen and oxygen atoms in total. The monoisotopic (exact) mass is 344 g/mol. The van der Waals surface area contributed by atoms with Gasteiger partial charge in [0.2, 0.25) is 5.91 Å². The van der Waals surface area contributed by atoms with Gasteiger partial charge in [0.1, 0.15) is 11.5 Å². The van der Waals surface area contributed by atoms with Gasteiger partial charge in [-0.2, -0.15) is 0 Å². The number of carbonyl (C=O) groups is 2. The summed E-state index contributed by atoms with van der Waals surface area (Å²) >= 11 is 0. The Balaban J connectivity index is 1.91. The minimum Gasteiger partial charge on any atom is -0.467 e. The lowest BCUT2D eigenvalue weighted by atomic mass is 10.2. The molecule has 0 radical (unpaired) electrons. The SMILES string of the molecule is Cc1cnc(C(=O)N(CCC(=O)NCc2ccco2)CC(C)C)cn1. The van der Waals surface area contributed by atoms with Crippen molar-refractivity contribution in [2.45, 2.75) is 33.7 Å². The Bertz CT molecular complexity index is 681. The van der Waals surface area contributed by atoms with Crippen LogP contribution < -0.4 is 5.32 Å². The van der Waals surface area contributed by atoms with Crippen molar-refractivity contribution in [3.63, 3.8) is 0 Å². The number of furan rings is 1. The summed E-state index contributed by atoms with van der Waals surface area (Å²) < 4.78 is 5.17. The second kappa shape index (κ2) is 8.96. The molecule has 134 valence electrons. The van der Waals surface area contributed by atoms with Gasteiger partial charge in [0.05, 0.1) is 24.7 Å². The Labute approximate surface area is 147 Å². The first-order valence-electron chi connectivity index (χ1n) is 8.32. The van der Waals surface area contributed by atoms with Gasteiger partial charge in [-0.05, 0) is 25.0 Å². The molecule has 2 aromatic rings. The van der Waals surface area contributed by atoms with Crippen molar-refractivity contribution >= 4 is 11.8 Å². The third-order valence-corrected chi connectivity index (χ3v) is 3.52. The van der Waals surface area contributed by atoms with Crippen molar-refractivity contribution in [1.82, 2.24) is 20.2 Å². The number of nitrogens with one attached hydrogen (secondary N) is 1. The van der Waals surface area contributed by atoms with Gasteiger partial charge in [0.25, 0.3) is 5.91 Å². The van der Waals surface area contributed by atoms with Crippen LogP contribution in [0, 0.1) is 12.8 Å². The minimum absolute atomic E-state index is 0.132. The van der Waals surface area contributed by atoms with E-state index in [1.807, 2.05) is 20.8 Å². The molecule has 0 aliphatic rings. The van der Waals surface area contributed by atoms with Gasteiger partial charge in [-0.3, -0.25) is 14.6 Å². The van der Waals surface area contributed by atoms with Crippen molar-refractivity contribution in [2.24, 2.45) is 5.92 Å². The summed E-state index contributed by atoms with van der Waals surface area (Å²) in [5.74, 6) is 0.639. The van der Waals surface area contributed by atoms with Gasteiger partial charge in [-0.15, -0.1) is 0 Å². The predicted octanol–water partition coefficient (Wildman–Crippen LogP) is 2.18. The Morgan fingerprint density at radius 1 is 1.28 bits per heavy atom. The molecule has 2 aromatic heterocycles. The number of aryl methyl sites for hydroxylation is 1. The molecule has 0 saturated heterocycles. The number of aromatic nitrogens is 2. The Kier molecular flexibility index (Phi) is 6.68. The van der Waals surface area contributed by atoms with E-state index in [0.29, 0.717) is 31.1 Å². The average Bonchev–Trinajstić information content (AvgIpc) is 3.10. The topological polar surface area (TPSA) is 88.3 Å². The van der Waals surface area contributed by atoms with Crippen molar-refractivity contribution in [3.05, 3.63) is 47.9 Å². The van der Waals surface area contributed by atoms with Crippen LogP contribution in [-0.4, -0.2) is 39.8 Å². The highest BCUT2D eigenvalue weighted by atomic mass is 16.3. The molecule has 0 spiro atoms. The van der Waals surface area contributed by atoms with Gasteiger partial charge in [0, 0.05) is 25.7 Å². The fourth-order valence-corrected chi connectivity index (χ4v) is 2.31. The quantitative estimate of drug-likeness (QED) is 0.793. The molecule has 7 heteroatoms. The van der Waals surface area contributed by atoms with E-state index >= 15 is 0 Å². The molecule has 25 heavy (non-hydrogen) atoms. The van der Waals surface area contributed by atoms with Gasteiger partial charge < -0.3 is 14.6 Å². The standard InChI is InChI=1S/C18H24N4O3/c1-13(2)12-22(18(24)16-11-19-14(3)9-20-16)7-6-17(23)21-10-15-5-4-8-25-15/h4-5,8-9,11,13H,6-7,10,12H2,1-3H3,(H,21,23). The maximum atomic E-state index is 12.6. The van der Waals surface area contributed by atoms with E-state index in [-0.39, 0.29) is 24.2 Å². The highest BCUT2D eigenvalue weighted by molar-refractivity contribution is 5.92.